The van der Waals surface area contributed by atoms with Crippen molar-refractivity contribution in [1.29, 1.82) is 0 Å². The Bertz CT molecular complexity index is 2000. The number of hydrogen-bond acceptors (Lipinski definition) is 8. The van der Waals surface area contributed by atoms with E-state index in [1.807, 2.05) is 30.3 Å². The van der Waals surface area contributed by atoms with Crippen LogP contribution < -0.4 is 18.9 Å². The van der Waals surface area contributed by atoms with Crippen LogP contribution in [0.3, 0.4) is 0 Å². The van der Waals surface area contributed by atoms with Crippen LogP contribution in [-0.4, -0.2) is 59.6 Å². The van der Waals surface area contributed by atoms with Crippen LogP contribution >= 0.6 is 11.3 Å². The fourth-order valence-corrected chi connectivity index (χ4v) is 7.69. The highest BCUT2D eigenvalue weighted by molar-refractivity contribution is 7.22. The summed E-state index contributed by atoms with van der Waals surface area (Å²) >= 11 is 1.77. The Kier molecular flexibility index (Phi) is 10.4. The molecule has 0 atom stereocenters. The van der Waals surface area contributed by atoms with Gasteiger partial charge in [0.2, 0.25) is 0 Å². The summed E-state index contributed by atoms with van der Waals surface area (Å²) in [6.45, 7) is 5.05. The molecule has 9 heteroatoms. The summed E-state index contributed by atoms with van der Waals surface area (Å²) in [7, 11) is 1.63. The van der Waals surface area contributed by atoms with Gasteiger partial charge in [-0.3, -0.25) is 9.47 Å². The van der Waals surface area contributed by atoms with Crippen molar-refractivity contribution in [2.75, 3.05) is 40.0 Å². The number of ether oxygens (including phenoxy) is 4. The van der Waals surface area contributed by atoms with Crippen molar-refractivity contribution in [3.05, 3.63) is 120 Å². The maximum atomic E-state index is 9.95. The number of nitrogens with zero attached hydrogens (tertiary/aromatic N) is 2. The lowest BCUT2D eigenvalue weighted by molar-refractivity contribution is 0.238. The van der Waals surface area contributed by atoms with Crippen molar-refractivity contribution in [3.8, 4) is 45.2 Å². The standard InChI is InChI=1S/C41H42N2O6S/c1-46-37-26-30(9-16-36(37)48-24-22-43-39(44)17-18-40(43)45)25-35-34-15-14-33(49-28-29-7-3-2-4-8-29)27-38(34)50-41(35)31-10-12-32(13-11-31)47-23-21-42-19-5-6-20-42/h2-4,7-18,26-27,44-45H,5-6,19-25,28H2,1H3. The predicted octanol–water partition coefficient (Wildman–Crippen LogP) is 8.51. The number of aromatic hydroxyl groups is 2. The predicted molar refractivity (Wildman–Crippen MR) is 198 cm³/mol. The van der Waals surface area contributed by atoms with Crippen LogP contribution in [0.5, 0.6) is 34.8 Å². The second kappa shape index (κ2) is 15.6. The highest BCUT2D eigenvalue weighted by Gasteiger charge is 2.18. The second-order valence-corrected chi connectivity index (χ2v) is 13.5. The number of rotatable bonds is 15. The Morgan fingerprint density at radius 1 is 0.680 bits per heavy atom. The zero-order valence-corrected chi connectivity index (χ0v) is 29.0. The Morgan fingerprint density at radius 3 is 2.18 bits per heavy atom. The fraction of sp³-hybridized carbons (Fsp3) is 0.268. The van der Waals surface area contributed by atoms with Gasteiger partial charge in [0.05, 0.1) is 13.7 Å². The molecule has 4 aromatic carbocycles. The van der Waals surface area contributed by atoms with Crippen LogP contribution in [0, 0.1) is 0 Å². The molecule has 8 nitrogen and oxygen atoms in total. The fourth-order valence-electron chi connectivity index (χ4n) is 6.44. The lowest BCUT2D eigenvalue weighted by atomic mass is 9.98. The van der Waals surface area contributed by atoms with Crippen LogP contribution in [0.4, 0.5) is 0 Å². The number of benzene rings is 4. The van der Waals surface area contributed by atoms with Crippen molar-refractivity contribution in [1.82, 2.24) is 9.47 Å². The molecule has 3 heterocycles. The largest absolute Gasteiger partial charge is 0.494 e. The zero-order valence-electron chi connectivity index (χ0n) is 28.2. The highest BCUT2D eigenvalue weighted by Crippen LogP contribution is 2.42. The first-order valence-electron chi connectivity index (χ1n) is 17.1. The summed E-state index contributed by atoms with van der Waals surface area (Å²) in [6, 6.07) is 33.9. The number of likely N-dealkylation sites (tertiary alicyclic amines) is 1. The third-order valence-corrected chi connectivity index (χ3v) is 10.4. The normalized spacial score (nSPS) is 13.1. The molecule has 0 amide bonds. The van der Waals surface area contributed by atoms with Crippen molar-refractivity contribution in [3.63, 3.8) is 0 Å². The molecule has 50 heavy (non-hydrogen) atoms. The van der Waals surface area contributed by atoms with Gasteiger partial charge in [0, 0.05) is 28.3 Å². The second-order valence-electron chi connectivity index (χ2n) is 12.5. The molecule has 0 aliphatic carbocycles. The van der Waals surface area contributed by atoms with Crippen LogP contribution in [0.15, 0.2) is 103 Å². The molecule has 0 bridgehead atoms. The molecule has 0 spiro atoms. The average Bonchev–Trinajstić information content (AvgIpc) is 3.88. The van der Waals surface area contributed by atoms with Gasteiger partial charge < -0.3 is 29.2 Å². The number of aromatic nitrogens is 1. The summed E-state index contributed by atoms with van der Waals surface area (Å²) in [5.74, 6) is 2.92. The maximum absolute atomic E-state index is 9.95. The average molecular weight is 691 g/mol. The van der Waals surface area contributed by atoms with Crippen LogP contribution in [0.25, 0.3) is 20.5 Å². The summed E-state index contributed by atoms with van der Waals surface area (Å²) in [5.41, 5.74) is 4.59. The van der Waals surface area contributed by atoms with Gasteiger partial charge in [-0.05, 0) is 115 Å². The van der Waals surface area contributed by atoms with Crippen molar-refractivity contribution in [2.24, 2.45) is 0 Å². The van der Waals surface area contributed by atoms with E-state index in [1.165, 1.54) is 58.5 Å². The molecule has 0 saturated carbocycles. The molecule has 258 valence electrons. The molecule has 2 N–H and O–H groups in total. The number of fused-ring (bicyclic) bond motifs is 1. The Hall–Kier alpha value is -5.12. The van der Waals surface area contributed by atoms with E-state index in [4.69, 9.17) is 18.9 Å². The summed E-state index contributed by atoms with van der Waals surface area (Å²) in [4.78, 5) is 3.67. The molecule has 7 rings (SSSR count). The van der Waals surface area contributed by atoms with Crippen molar-refractivity contribution < 1.29 is 29.2 Å². The molecular formula is C41H42N2O6S. The summed E-state index contributed by atoms with van der Waals surface area (Å²) in [6.07, 6.45) is 3.25. The lowest BCUT2D eigenvalue weighted by Crippen LogP contribution is -2.25. The monoisotopic (exact) mass is 690 g/mol. The minimum Gasteiger partial charge on any atom is -0.494 e. The Morgan fingerprint density at radius 2 is 1.42 bits per heavy atom. The smallest absolute Gasteiger partial charge is 0.193 e. The van der Waals surface area contributed by atoms with Gasteiger partial charge in [-0.1, -0.05) is 36.4 Å². The van der Waals surface area contributed by atoms with E-state index in [9.17, 15) is 10.2 Å². The van der Waals surface area contributed by atoms with Gasteiger partial charge in [0.1, 0.15) is 31.3 Å². The molecule has 2 aromatic heterocycles. The molecule has 0 unspecified atom stereocenters. The molecule has 0 radical (unpaired) electrons. The van der Waals surface area contributed by atoms with Gasteiger partial charge in [-0.25, -0.2) is 0 Å². The SMILES string of the molecule is COc1cc(Cc2c(-c3ccc(OCCN4CCCC4)cc3)sc3cc(OCc4ccccc4)ccc23)ccc1OCCn1c(O)ccc1O. The Labute approximate surface area is 296 Å². The molecule has 1 aliphatic rings. The van der Waals surface area contributed by atoms with E-state index in [0.29, 0.717) is 37.7 Å². The minimum atomic E-state index is -0.0123. The molecule has 6 aromatic rings. The summed E-state index contributed by atoms with van der Waals surface area (Å²) < 4.78 is 26.6. The maximum Gasteiger partial charge on any atom is 0.193 e. The van der Waals surface area contributed by atoms with E-state index in [0.717, 1.165) is 39.4 Å². The quantitative estimate of drug-likeness (QED) is 0.112. The highest BCUT2D eigenvalue weighted by atomic mass is 32.1. The first-order valence-corrected chi connectivity index (χ1v) is 17.9. The van der Waals surface area contributed by atoms with Crippen molar-refractivity contribution in [2.45, 2.75) is 32.4 Å². The number of methoxy groups -OCH3 is 1. The summed E-state index contributed by atoms with van der Waals surface area (Å²) in [5, 5.41) is 21.1. The minimum absolute atomic E-state index is 0.0123. The Balaban J connectivity index is 1.12. The number of thiophene rings is 1. The van der Waals surface area contributed by atoms with Gasteiger partial charge in [0.25, 0.3) is 0 Å². The van der Waals surface area contributed by atoms with E-state index in [1.54, 1.807) is 18.4 Å². The first kappa shape index (κ1) is 33.4. The first-order chi connectivity index (χ1) is 24.5. The van der Waals surface area contributed by atoms with Gasteiger partial charge in [-0.15, -0.1) is 11.3 Å². The van der Waals surface area contributed by atoms with Crippen LogP contribution in [0.1, 0.15) is 29.5 Å². The van der Waals surface area contributed by atoms with E-state index in [-0.39, 0.29) is 18.4 Å². The third kappa shape index (κ3) is 7.85. The van der Waals surface area contributed by atoms with Gasteiger partial charge >= 0.3 is 0 Å². The zero-order chi connectivity index (χ0) is 34.3. The van der Waals surface area contributed by atoms with Gasteiger partial charge in [-0.2, -0.15) is 0 Å². The van der Waals surface area contributed by atoms with E-state index < -0.39 is 0 Å². The topological polar surface area (TPSA) is 85.6 Å². The van der Waals surface area contributed by atoms with Gasteiger partial charge in [0.15, 0.2) is 23.3 Å². The van der Waals surface area contributed by atoms with Crippen molar-refractivity contribution >= 4 is 21.4 Å². The van der Waals surface area contributed by atoms with Crippen LogP contribution in [-0.2, 0) is 19.6 Å². The molecular weight excluding hydrogens is 649 g/mol. The van der Waals surface area contributed by atoms with E-state index >= 15 is 0 Å². The molecule has 1 saturated heterocycles. The third-order valence-electron chi connectivity index (χ3n) is 9.12. The lowest BCUT2D eigenvalue weighted by Gasteiger charge is -2.15. The van der Waals surface area contributed by atoms with E-state index in [2.05, 4.69) is 65.6 Å². The molecule has 1 fully saturated rings. The molecule has 1 aliphatic heterocycles. The number of hydrogen-bond donors (Lipinski definition) is 2. The van der Waals surface area contributed by atoms with Crippen LogP contribution in [0.2, 0.25) is 0 Å².